The number of allylic oxidation sites excluding steroid dienone is 7. The van der Waals surface area contributed by atoms with E-state index in [4.69, 9.17) is 14.9 Å². The highest BCUT2D eigenvalue weighted by molar-refractivity contribution is 5.69. The Balaban J connectivity index is 3.94. The van der Waals surface area contributed by atoms with Crippen LogP contribution in [0.3, 0.4) is 0 Å². The van der Waals surface area contributed by atoms with Crippen molar-refractivity contribution in [2.24, 2.45) is 0 Å². The van der Waals surface area contributed by atoms with Gasteiger partial charge in [-0.2, -0.15) is 0 Å². The fourth-order valence-electron chi connectivity index (χ4n) is 2.52. The molecule has 0 fully saturated rings. The van der Waals surface area contributed by atoms with Crippen LogP contribution >= 0.6 is 0 Å². The van der Waals surface area contributed by atoms with E-state index in [1.165, 1.54) is 6.08 Å². The van der Waals surface area contributed by atoms with Crippen molar-refractivity contribution < 1.29 is 35.1 Å². The average molecular weight is 453 g/mol. The number of carbonyl (C=O) groups is 1. The molecule has 0 heterocycles. The summed E-state index contributed by atoms with van der Waals surface area (Å²) in [6.45, 7) is 1.38. The van der Waals surface area contributed by atoms with Gasteiger partial charge in [0.15, 0.2) is 0 Å². The van der Waals surface area contributed by atoms with Gasteiger partial charge < -0.3 is 30.3 Å². The summed E-state index contributed by atoms with van der Waals surface area (Å²) in [6, 6.07) is 0. The van der Waals surface area contributed by atoms with Crippen LogP contribution in [0.5, 0.6) is 0 Å². The zero-order chi connectivity index (χ0) is 24.0. The van der Waals surface area contributed by atoms with E-state index in [0.717, 1.165) is 6.42 Å². The number of hydrogen-bond acceptors (Lipinski definition) is 7. The molecule has 7 nitrogen and oxygen atoms in total. The maximum absolute atomic E-state index is 11.4. The number of unbranched alkanes of at least 4 members (excludes halogenated alkanes) is 2. The largest absolute Gasteiger partial charge is 0.463 e. The quantitative estimate of drug-likeness (QED) is 0.0936. The molecule has 32 heavy (non-hydrogen) atoms. The van der Waals surface area contributed by atoms with E-state index in [1.54, 1.807) is 42.5 Å². The third-order valence-electron chi connectivity index (χ3n) is 4.40. The van der Waals surface area contributed by atoms with E-state index in [2.05, 4.69) is 0 Å². The van der Waals surface area contributed by atoms with Crippen LogP contribution in [0.4, 0.5) is 0 Å². The lowest BCUT2D eigenvalue weighted by Crippen LogP contribution is -2.23. The van der Waals surface area contributed by atoms with Gasteiger partial charge in [-0.3, -0.25) is 4.79 Å². The zero-order valence-electron chi connectivity index (χ0n) is 19.0. The summed E-state index contributed by atoms with van der Waals surface area (Å²) in [5.41, 5.74) is 0. The number of rotatable bonds is 18. The van der Waals surface area contributed by atoms with Crippen LogP contribution in [-0.4, -0.2) is 69.1 Å². The summed E-state index contributed by atoms with van der Waals surface area (Å²) in [7, 11) is 0. The standard InChI is InChI=1S/C25H40O7/c1-2-3-9-14-21(27)15-10-6-4-5-7-11-16-23(29)24(30)17-12-8-13-18-25(31)32-20-22(28)19-26/h3-7,9-11,15-16,21-24,26-30H,2,8,12-14,17-20H2,1H3/b6-4-,7-5-,9-3-,15-10+,16-11+. The molecule has 0 amide bonds. The van der Waals surface area contributed by atoms with Gasteiger partial charge in [-0.15, -0.1) is 0 Å². The lowest BCUT2D eigenvalue weighted by atomic mass is 10.0. The number of aliphatic hydroxyl groups excluding tert-OH is 5. The molecule has 0 radical (unpaired) electrons. The molecule has 4 unspecified atom stereocenters. The van der Waals surface area contributed by atoms with Crippen molar-refractivity contribution in [3.8, 4) is 0 Å². The minimum absolute atomic E-state index is 0.207. The zero-order valence-corrected chi connectivity index (χ0v) is 19.0. The molecule has 0 aliphatic rings. The summed E-state index contributed by atoms with van der Waals surface area (Å²) in [4.78, 5) is 11.4. The SMILES string of the molecule is CC/C=C\CC(O)/C=C/C=C\C=C/C=C/C(O)C(O)CCCCCC(=O)OCC(O)CO. The molecular weight excluding hydrogens is 412 g/mol. The summed E-state index contributed by atoms with van der Waals surface area (Å²) in [6.07, 6.45) is 18.4. The topological polar surface area (TPSA) is 127 Å². The fourth-order valence-corrected chi connectivity index (χ4v) is 2.52. The molecule has 0 rings (SSSR count). The van der Waals surface area contributed by atoms with Crippen molar-refractivity contribution in [3.63, 3.8) is 0 Å². The Morgan fingerprint density at radius 2 is 1.53 bits per heavy atom. The van der Waals surface area contributed by atoms with E-state index in [-0.39, 0.29) is 13.0 Å². The Bertz CT molecular complexity index is 607. The van der Waals surface area contributed by atoms with Gasteiger partial charge in [-0.25, -0.2) is 0 Å². The van der Waals surface area contributed by atoms with E-state index in [9.17, 15) is 20.1 Å². The first-order chi connectivity index (χ1) is 15.4. The summed E-state index contributed by atoms with van der Waals surface area (Å²) >= 11 is 0. The number of esters is 1. The van der Waals surface area contributed by atoms with Gasteiger partial charge in [0.05, 0.1) is 24.9 Å². The second-order valence-corrected chi connectivity index (χ2v) is 7.40. The van der Waals surface area contributed by atoms with E-state index >= 15 is 0 Å². The van der Waals surface area contributed by atoms with Crippen LogP contribution in [-0.2, 0) is 9.53 Å². The lowest BCUT2D eigenvalue weighted by molar-refractivity contribution is -0.147. The van der Waals surface area contributed by atoms with E-state index < -0.39 is 37.0 Å². The summed E-state index contributed by atoms with van der Waals surface area (Å²) < 4.78 is 4.80. The molecule has 0 aliphatic carbocycles. The van der Waals surface area contributed by atoms with Crippen molar-refractivity contribution in [1.82, 2.24) is 0 Å². The fraction of sp³-hybridized carbons (Fsp3) is 0.560. The highest BCUT2D eigenvalue weighted by Crippen LogP contribution is 2.10. The van der Waals surface area contributed by atoms with Gasteiger partial charge in [0, 0.05) is 6.42 Å². The first-order valence-corrected chi connectivity index (χ1v) is 11.2. The van der Waals surface area contributed by atoms with Gasteiger partial charge >= 0.3 is 5.97 Å². The van der Waals surface area contributed by atoms with Crippen LogP contribution in [0.15, 0.2) is 60.8 Å². The number of ether oxygens (including phenoxy) is 1. The van der Waals surface area contributed by atoms with Crippen molar-refractivity contribution >= 4 is 5.97 Å². The second-order valence-electron chi connectivity index (χ2n) is 7.40. The van der Waals surface area contributed by atoms with Crippen molar-refractivity contribution in [2.75, 3.05) is 13.2 Å². The highest BCUT2D eigenvalue weighted by atomic mass is 16.5. The molecule has 4 atom stereocenters. The van der Waals surface area contributed by atoms with Crippen LogP contribution < -0.4 is 0 Å². The minimum Gasteiger partial charge on any atom is -0.463 e. The number of aliphatic hydroxyl groups is 5. The average Bonchev–Trinajstić information content (AvgIpc) is 2.78. The van der Waals surface area contributed by atoms with Crippen LogP contribution in [0.2, 0.25) is 0 Å². The van der Waals surface area contributed by atoms with Crippen molar-refractivity contribution in [3.05, 3.63) is 60.8 Å². The summed E-state index contributed by atoms with van der Waals surface area (Å²) in [5, 5.41) is 47.4. The maximum Gasteiger partial charge on any atom is 0.305 e. The van der Waals surface area contributed by atoms with Crippen LogP contribution in [0.25, 0.3) is 0 Å². The normalized spacial score (nSPS) is 16.6. The molecule has 0 aliphatic heterocycles. The highest BCUT2D eigenvalue weighted by Gasteiger charge is 2.12. The molecule has 5 N–H and O–H groups in total. The number of carbonyl (C=O) groups excluding carboxylic acids is 1. The van der Waals surface area contributed by atoms with Crippen molar-refractivity contribution in [2.45, 2.75) is 76.3 Å². The Kier molecular flexibility index (Phi) is 19.5. The third kappa shape index (κ3) is 18.7. The molecular formula is C25H40O7. The first kappa shape index (κ1) is 30.0. The van der Waals surface area contributed by atoms with E-state index in [0.29, 0.717) is 32.1 Å². The molecule has 0 bridgehead atoms. The second kappa shape index (κ2) is 20.8. The van der Waals surface area contributed by atoms with Crippen LogP contribution in [0.1, 0.15) is 51.9 Å². The molecule has 0 aromatic rings. The molecule has 7 heteroatoms. The molecule has 0 aromatic heterocycles. The van der Waals surface area contributed by atoms with E-state index in [1.807, 2.05) is 19.1 Å². The third-order valence-corrected chi connectivity index (χ3v) is 4.40. The van der Waals surface area contributed by atoms with Gasteiger partial charge in [0.1, 0.15) is 12.7 Å². The smallest absolute Gasteiger partial charge is 0.305 e. The van der Waals surface area contributed by atoms with Crippen molar-refractivity contribution in [1.29, 1.82) is 0 Å². The minimum atomic E-state index is -1.05. The van der Waals surface area contributed by atoms with Gasteiger partial charge in [-0.1, -0.05) is 80.5 Å². The Morgan fingerprint density at radius 1 is 0.875 bits per heavy atom. The predicted molar refractivity (Wildman–Crippen MR) is 126 cm³/mol. The molecule has 182 valence electrons. The first-order valence-electron chi connectivity index (χ1n) is 11.2. The monoisotopic (exact) mass is 452 g/mol. The molecule has 0 saturated heterocycles. The summed E-state index contributed by atoms with van der Waals surface area (Å²) in [5.74, 6) is -0.433. The lowest BCUT2D eigenvalue weighted by Gasteiger charge is -2.14. The Labute approximate surface area is 191 Å². The Hall–Kier alpha value is -2.03. The number of hydrogen-bond donors (Lipinski definition) is 5. The predicted octanol–water partition coefficient (Wildman–Crippen LogP) is 2.50. The molecule has 0 saturated carbocycles. The Morgan fingerprint density at radius 3 is 2.19 bits per heavy atom. The van der Waals surface area contributed by atoms with Gasteiger partial charge in [0.2, 0.25) is 0 Å². The van der Waals surface area contributed by atoms with Gasteiger partial charge in [0.25, 0.3) is 0 Å². The molecule has 0 spiro atoms. The van der Waals surface area contributed by atoms with Crippen LogP contribution in [0, 0.1) is 0 Å². The van der Waals surface area contributed by atoms with Gasteiger partial charge in [-0.05, 0) is 25.7 Å². The molecule has 0 aromatic carbocycles. The maximum atomic E-state index is 11.4.